The van der Waals surface area contributed by atoms with Crippen LogP contribution in [0.4, 0.5) is 8.78 Å². The average Bonchev–Trinajstić information content (AvgIpc) is 2.71. The first-order chi connectivity index (χ1) is 9.49. The Morgan fingerprint density at radius 1 is 1.35 bits per heavy atom. The molecule has 0 spiro atoms. The van der Waals surface area contributed by atoms with Gasteiger partial charge in [0.05, 0.1) is 5.56 Å². The first-order valence-electron chi connectivity index (χ1n) is 6.18. The summed E-state index contributed by atoms with van der Waals surface area (Å²) in [5, 5.41) is 6.82. The lowest BCUT2D eigenvalue weighted by Crippen LogP contribution is -2.08. The number of ether oxygens (including phenoxy) is 1. The van der Waals surface area contributed by atoms with Gasteiger partial charge >= 0.3 is 6.61 Å². The van der Waals surface area contributed by atoms with Gasteiger partial charge < -0.3 is 4.74 Å². The molecule has 0 saturated heterocycles. The molecule has 0 saturated carbocycles. The van der Waals surface area contributed by atoms with Crippen LogP contribution in [0.3, 0.4) is 0 Å². The highest BCUT2D eigenvalue weighted by Crippen LogP contribution is 2.30. The van der Waals surface area contributed by atoms with Crippen LogP contribution < -0.4 is 4.74 Å². The van der Waals surface area contributed by atoms with Crippen molar-refractivity contribution in [3.8, 4) is 17.1 Å². The van der Waals surface area contributed by atoms with Gasteiger partial charge in [-0.25, -0.2) is 0 Å². The molecule has 2 aromatic rings. The van der Waals surface area contributed by atoms with Crippen molar-refractivity contribution < 1.29 is 13.5 Å². The van der Waals surface area contributed by atoms with Crippen LogP contribution in [0.5, 0.6) is 5.75 Å². The quantitative estimate of drug-likeness (QED) is 0.852. The molecular weight excluding hydrogens is 284 g/mol. The Morgan fingerprint density at radius 3 is 2.70 bits per heavy atom. The van der Waals surface area contributed by atoms with Gasteiger partial charge in [-0.15, -0.1) is 0 Å². The van der Waals surface area contributed by atoms with Crippen LogP contribution in [0.1, 0.15) is 13.8 Å². The van der Waals surface area contributed by atoms with Gasteiger partial charge in [-0.05, 0) is 30.3 Å². The summed E-state index contributed by atoms with van der Waals surface area (Å²) in [5.74, 6) is 0.933. The Morgan fingerprint density at radius 2 is 2.05 bits per heavy atom. The molecule has 1 heterocycles. The van der Waals surface area contributed by atoms with Gasteiger partial charge in [0, 0.05) is 6.54 Å². The summed E-state index contributed by atoms with van der Waals surface area (Å²) in [5.41, 5.74) is 0.487. The normalized spacial score (nSPS) is 11.3. The van der Waals surface area contributed by atoms with Crippen molar-refractivity contribution in [3.05, 3.63) is 29.0 Å². The van der Waals surface area contributed by atoms with Crippen LogP contribution in [0.25, 0.3) is 11.4 Å². The molecule has 0 amide bonds. The lowest BCUT2D eigenvalue weighted by Gasteiger charge is -2.12. The maximum Gasteiger partial charge on any atom is 0.387 e. The topological polar surface area (TPSA) is 42.8 Å². The SMILES string of the molecule is CC(C)Cn1c(-c2ccccc2OC(F)F)n[nH]c1=S. The van der Waals surface area contributed by atoms with Gasteiger partial charge in [-0.2, -0.15) is 13.9 Å². The Hall–Kier alpha value is -1.76. The fourth-order valence-corrected chi connectivity index (χ4v) is 2.11. The number of rotatable bonds is 5. The average molecular weight is 299 g/mol. The summed E-state index contributed by atoms with van der Waals surface area (Å²) in [6, 6.07) is 6.54. The maximum atomic E-state index is 12.5. The van der Waals surface area contributed by atoms with Crippen LogP contribution in [0.15, 0.2) is 24.3 Å². The highest BCUT2D eigenvalue weighted by atomic mass is 32.1. The number of benzene rings is 1. The van der Waals surface area contributed by atoms with E-state index in [2.05, 4.69) is 14.9 Å². The molecule has 0 unspecified atom stereocenters. The molecule has 0 bridgehead atoms. The van der Waals surface area contributed by atoms with E-state index in [0.29, 0.717) is 28.6 Å². The number of aromatic amines is 1. The summed E-state index contributed by atoms with van der Waals surface area (Å²) in [4.78, 5) is 0. The number of para-hydroxylation sites is 1. The Labute approximate surface area is 120 Å². The minimum absolute atomic E-state index is 0.0847. The summed E-state index contributed by atoms with van der Waals surface area (Å²) in [7, 11) is 0. The van der Waals surface area contributed by atoms with Gasteiger partial charge in [-0.3, -0.25) is 9.67 Å². The lowest BCUT2D eigenvalue weighted by atomic mass is 10.1. The first kappa shape index (κ1) is 14.6. The number of nitrogens with zero attached hydrogens (tertiary/aromatic N) is 2. The van der Waals surface area contributed by atoms with Crippen molar-refractivity contribution in [2.24, 2.45) is 5.92 Å². The third kappa shape index (κ3) is 3.22. The number of hydrogen-bond acceptors (Lipinski definition) is 3. The van der Waals surface area contributed by atoms with Crippen molar-refractivity contribution in [1.82, 2.24) is 14.8 Å². The number of alkyl halides is 2. The third-order valence-corrected chi connectivity index (χ3v) is 2.96. The molecule has 0 aliphatic rings. The van der Waals surface area contributed by atoms with Gasteiger partial charge in [0.15, 0.2) is 10.6 Å². The standard InChI is InChI=1S/C13H15F2N3OS/c1-8(2)7-18-11(16-17-13(18)20)9-5-3-4-6-10(9)19-12(14)15/h3-6,8,12H,7H2,1-2H3,(H,17,20). The molecule has 7 heteroatoms. The number of H-pyrrole nitrogens is 1. The summed E-state index contributed by atoms with van der Waals surface area (Å²) in [6.07, 6.45) is 0. The van der Waals surface area contributed by atoms with E-state index in [-0.39, 0.29) is 5.75 Å². The van der Waals surface area contributed by atoms with Crippen molar-refractivity contribution in [1.29, 1.82) is 0 Å². The van der Waals surface area contributed by atoms with E-state index in [1.54, 1.807) is 22.8 Å². The van der Waals surface area contributed by atoms with E-state index in [4.69, 9.17) is 12.2 Å². The van der Waals surface area contributed by atoms with E-state index >= 15 is 0 Å². The summed E-state index contributed by atoms with van der Waals surface area (Å²) in [6.45, 7) is 1.85. The van der Waals surface area contributed by atoms with Crippen molar-refractivity contribution >= 4 is 12.2 Å². The monoisotopic (exact) mass is 299 g/mol. The van der Waals surface area contributed by atoms with E-state index in [9.17, 15) is 8.78 Å². The van der Waals surface area contributed by atoms with Crippen LogP contribution in [-0.2, 0) is 6.54 Å². The smallest absolute Gasteiger partial charge is 0.387 e. The number of hydrogen-bond donors (Lipinski definition) is 1. The first-order valence-corrected chi connectivity index (χ1v) is 6.59. The fourth-order valence-electron chi connectivity index (χ4n) is 1.91. The molecule has 4 nitrogen and oxygen atoms in total. The fraction of sp³-hybridized carbons (Fsp3) is 0.385. The molecule has 1 aromatic heterocycles. The number of nitrogens with one attached hydrogen (secondary N) is 1. The van der Waals surface area contributed by atoms with Gasteiger partial charge in [0.2, 0.25) is 0 Å². The molecule has 0 aliphatic carbocycles. The zero-order valence-electron chi connectivity index (χ0n) is 11.1. The van der Waals surface area contributed by atoms with Crippen molar-refractivity contribution in [3.63, 3.8) is 0 Å². The molecule has 20 heavy (non-hydrogen) atoms. The summed E-state index contributed by atoms with van der Waals surface area (Å²) < 4.78 is 31.7. The van der Waals surface area contributed by atoms with Gasteiger partial charge in [-0.1, -0.05) is 26.0 Å². The van der Waals surface area contributed by atoms with E-state index < -0.39 is 6.61 Å². The van der Waals surface area contributed by atoms with Gasteiger partial charge in [0.25, 0.3) is 0 Å². The van der Waals surface area contributed by atoms with E-state index in [1.165, 1.54) is 6.07 Å². The largest absolute Gasteiger partial charge is 0.434 e. The second kappa shape index (κ2) is 6.13. The second-order valence-corrected chi connectivity index (χ2v) is 5.12. The minimum atomic E-state index is -2.88. The Kier molecular flexibility index (Phi) is 4.49. The molecule has 0 fully saturated rings. The van der Waals surface area contributed by atoms with Crippen LogP contribution in [0, 0.1) is 10.7 Å². The second-order valence-electron chi connectivity index (χ2n) is 4.73. The molecule has 0 radical (unpaired) electrons. The lowest BCUT2D eigenvalue weighted by molar-refractivity contribution is -0.0494. The molecule has 0 atom stereocenters. The number of halogens is 2. The maximum absolute atomic E-state index is 12.5. The Bertz CT molecular complexity index is 637. The van der Waals surface area contributed by atoms with E-state index in [1.807, 2.05) is 13.8 Å². The minimum Gasteiger partial charge on any atom is -0.434 e. The predicted octanol–water partition coefficient (Wildman–Crippen LogP) is 3.87. The Balaban J connectivity index is 2.49. The summed E-state index contributed by atoms with van der Waals surface area (Å²) >= 11 is 5.18. The van der Waals surface area contributed by atoms with Crippen LogP contribution >= 0.6 is 12.2 Å². The molecule has 1 N–H and O–H groups in total. The van der Waals surface area contributed by atoms with Crippen LogP contribution in [0.2, 0.25) is 0 Å². The van der Waals surface area contributed by atoms with Crippen LogP contribution in [-0.4, -0.2) is 21.4 Å². The molecule has 1 aromatic carbocycles. The van der Waals surface area contributed by atoms with E-state index in [0.717, 1.165) is 0 Å². The zero-order valence-corrected chi connectivity index (χ0v) is 12.0. The highest BCUT2D eigenvalue weighted by Gasteiger charge is 2.16. The third-order valence-electron chi connectivity index (χ3n) is 2.65. The number of aromatic nitrogens is 3. The van der Waals surface area contributed by atoms with Crippen molar-refractivity contribution in [2.45, 2.75) is 27.0 Å². The molecule has 2 rings (SSSR count). The molecule has 0 aliphatic heterocycles. The van der Waals surface area contributed by atoms with Gasteiger partial charge in [0.1, 0.15) is 5.75 Å². The predicted molar refractivity (Wildman–Crippen MR) is 74.3 cm³/mol. The zero-order chi connectivity index (χ0) is 14.7. The molecule has 108 valence electrons. The highest BCUT2D eigenvalue weighted by molar-refractivity contribution is 7.71. The molecular formula is C13H15F2N3OS. The van der Waals surface area contributed by atoms with Crippen molar-refractivity contribution in [2.75, 3.05) is 0 Å².